The van der Waals surface area contributed by atoms with E-state index in [9.17, 15) is 13.2 Å². The number of nitrogens with zero attached hydrogens (tertiary/aromatic N) is 7. The molecule has 13 heteroatoms. The SMILES string of the molecule is CCn1cc(CN2CCN(c3nccn4c(-c5cccc(OC)c5)cnc34)CC2)cn1.O=C(O)C(F)(F)F. The molecule has 0 unspecified atom stereocenters. The fourth-order valence-electron chi connectivity index (χ4n) is 4.16. The number of anilines is 1. The number of methoxy groups -OCH3 is 1. The average Bonchev–Trinajstić information content (AvgIpc) is 3.56. The van der Waals surface area contributed by atoms with E-state index in [-0.39, 0.29) is 0 Å². The number of hydrogen-bond donors (Lipinski definition) is 1. The largest absolute Gasteiger partial charge is 0.497 e. The van der Waals surface area contributed by atoms with Gasteiger partial charge in [0.05, 0.1) is 25.2 Å². The van der Waals surface area contributed by atoms with E-state index in [0.29, 0.717) is 0 Å². The molecular weight excluding hydrogens is 503 g/mol. The number of halogens is 3. The van der Waals surface area contributed by atoms with Crippen LogP contribution in [0, 0.1) is 0 Å². The lowest BCUT2D eigenvalue weighted by Gasteiger charge is -2.35. The third kappa shape index (κ3) is 6.22. The summed E-state index contributed by atoms with van der Waals surface area (Å²) < 4.78 is 41.2. The minimum atomic E-state index is -5.08. The number of aliphatic carboxylic acids is 1. The van der Waals surface area contributed by atoms with Crippen molar-refractivity contribution in [2.45, 2.75) is 26.2 Å². The first-order valence-corrected chi connectivity index (χ1v) is 11.9. The number of alkyl halides is 3. The molecule has 3 aromatic heterocycles. The van der Waals surface area contributed by atoms with Gasteiger partial charge in [0.15, 0.2) is 11.5 Å². The molecule has 4 aromatic rings. The first-order chi connectivity index (χ1) is 18.2. The number of aromatic nitrogens is 5. The summed E-state index contributed by atoms with van der Waals surface area (Å²) in [5.74, 6) is -0.982. The van der Waals surface area contributed by atoms with Crippen LogP contribution in [0.5, 0.6) is 5.75 Å². The molecule has 5 rings (SSSR count). The van der Waals surface area contributed by atoms with Crippen LogP contribution in [-0.2, 0) is 17.9 Å². The molecule has 0 amide bonds. The molecule has 4 heterocycles. The molecule has 0 aliphatic carbocycles. The zero-order chi connectivity index (χ0) is 27.3. The Labute approximate surface area is 216 Å². The van der Waals surface area contributed by atoms with Crippen molar-refractivity contribution >= 4 is 17.4 Å². The zero-order valence-electron chi connectivity index (χ0n) is 21.0. The van der Waals surface area contributed by atoms with Crippen molar-refractivity contribution in [1.29, 1.82) is 0 Å². The smallest absolute Gasteiger partial charge is 0.490 e. The Balaban J connectivity index is 0.000000426. The molecule has 1 fully saturated rings. The molecular formula is C25H28F3N7O3. The molecule has 38 heavy (non-hydrogen) atoms. The normalized spacial score (nSPS) is 14.3. The van der Waals surface area contributed by atoms with E-state index in [1.807, 2.05) is 47.7 Å². The van der Waals surface area contributed by atoms with Crippen LogP contribution in [0.4, 0.5) is 19.0 Å². The second kappa shape index (κ2) is 11.5. The highest BCUT2D eigenvalue weighted by Gasteiger charge is 2.38. The fourth-order valence-corrected chi connectivity index (χ4v) is 4.16. The molecule has 1 aliphatic heterocycles. The standard InChI is InChI=1S/C23H27N7O.C2HF3O2/c1-3-29-17-18(14-26-29)16-27-9-11-28(12-10-27)22-23-25-15-21(30(23)8-7-24-22)19-5-4-6-20(13-19)31-2;3-2(4,5)1(6)7/h4-8,13-15,17H,3,9-12,16H2,1-2H3;(H,6,7). The highest BCUT2D eigenvalue weighted by Crippen LogP contribution is 2.28. The van der Waals surface area contributed by atoms with Crippen LogP contribution in [0.1, 0.15) is 12.5 Å². The van der Waals surface area contributed by atoms with Crippen LogP contribution in [0.2, 0.25) is 0 Å². The number of carboxylic acid groups (broad SMARTS) is 1. The number of carboxylic acids is 1. The van der Waals surface area contributed by atoms with Gasteiger partial charge in [0.25, 0.3) is 0 Å². The lowest BCUT2D eigenvalue weighted by Crippen LogP contribution is -2.46. The van der Waals surface area contributed by atoms with E-state index in [2.05, 4.69) is 43.5 Å². The number of ether oxygens (including phenoxy) is 1. The Kier molecular flexibility index (Phi) is 8.15. The van der Waals surface area contributed by atoms with E-state index in [0.717, 1.165) is 67.7 Å². The van der Waals surface area contributed by atoms with Gasteiger partial charge in [-0.25, -0.2) is 14.8 Å². The lowest BCUT2D eigenvalue weighted by atomic mass is 10.1. The number of fused-ring (bicyclic) bond motifs is 1. The number of carbonyl (C=O) groups is 1. The lowest BCUT2D eigenvalue weighted by molar-refractivity contribution is -0.192. The maximum absolute atomic E-state index is 10.6. The summed E-state index contributed by atoms with van der Waals surface area (Å²) in [5.41, 5.74) is 4.26. The highest BCUT2D eigenvalue weighted by molar-refractivity contribution is 5.73. The van der Waals surface area contributed by atoms with Gasteiger partial charge in [0.2, 0.25) is 0 Å². The zero-order valence-corrected chi connectivity index (χ0v) is 21.0. The van der Waals surface area contributed by atoms with Crippen LogP contribution in [0.25, 0.3) is 16.9 Å². The van der Waals surface area contributed by atoms with Crippen molar-refractivity contribution in [3.8, 4) is 17.0 Å². The minimum absolute atomic E-state index is 0.835. The van der Waals surface area contributed by atoms with Crippen molar-refractivity contribution in [3.63, 3.8) is 0 Å². The van der Waals surface area contributed by atoms with Crippen molar-refractivity contribution in [3.05, 3.63) is 60.8 Å². The Morgan fingerprint density at radius 3 is 2.50 bits per heavy atom. The summed E-state index contributed by atoms with van der Waals surface area (Å²) in [5, 5.41) is 11.5. The third-order valence-corrected chi connectivity index (χ3v) is 6.11. The number of rotatable bonds is 6. The molecule has 1 aromatic carbocycles. The summed E-state index contributed by atoms with van der Waals surface area (Å²) >= 11 is 0. The van der Waals surface area contributed by atoms with Crippen molar-refractivity contribution in [2.75, 3.05) is 38.2 Å². The van der Waals surface area contributed by atoms with Gasteiger partial charge in [-0.05, 0) is 19.1 Å². The monoisotopic (exact) mass is 531 g/mol. The fraction of sp³-hybridized carbons (Fsp3) is 0.360. The van der Waals surface area contributed by atoms with Gasteiger partial charge in [-0.15, -0.1) is 0 Å². The van der Waals surface area contributed by atoms with Gasteiger partial charge < -0.3 is 14.7 Å². The molecule has 1 saturated heterocycles. The Bertz CT molecular complexity index is 1380. The average molecular weight is 532 g/mol. The third-order valence-electron chi connectivity index (χ3n) is 6.11. The summed E-state index contributed by atoms with van der Waals surface area (Å²) in [4.78, 5) is 23.1. The summed E-state index contributed by atoms with van der Waals surface area (Å²) in [6.45, 7) is 7.79. The van der Waals surface area contributed by atoms with Crippen molar-refractivity contribution in [1.82, 2.24) is 29.0 Å². The molecule has 202 valence electrons. The van der Waals surface area contributed by atoms with Crippen LogP contribution < -0.4 is 9.64 Å². The van der Waals surface area contributed by atoms with Crippen molar-refractivity contribution < 1.29 is 27.8 Å². The summed E-state index contributed by atoms with van der Waals surface area (Å²) in [6, 6.07) is 8.06. The summed E-state index contributed by atoms with van der Waals surface area (Å²) in [7, 11) is 1.69. The first kappa shape index (κ1) is 26.9. The minimum Gasteiger partial charge on any atom is -0.497 e. The number of hydrogen-bond acceptors (Lipinski definition) is 7. The van der Waals surface area contributed by atoms with Crippen LogP contribution in [0.3, 0.4) is 0 Å². The van der Waals surface area contributed by atoms with Gasteiger partial charge in [0.1, 0.15) is 5.75 Å². The molecule has 0 atom stereocenters. The van der Waals surface area contributed by atoms with E-state index >= 15 is 0 Å². The van der Waals surface area contributed by atoms with Gasteiger partial charge >= 0.3 is 12.1 Å². The second-order valence-electron chi connectivity index (χ2n) is 8.59. The molecule has 10 nitrogen and oxygen atoms in total. The topological polar surface area (TPSA) is 101 Å². The number of aryl methyl sites for hydroxylation is 1. The predicted octanol–water partition coefficient (Wildman–Crippen LogP) is 3.58. The molecule has 0 radical (unpaired) electrons. The molecule has 0 saturated carbocycles. The Hall–Kier alpha value is -4.13. The second-order valence-corrected chi connectivity index (χ2v) is 8.59. The van der Waals surface area contributed by atoms with Gasteiger partial charge in [0, 0.05) is 69.0 Å². The number of piperazine rings is 1. The number of imidazole rings is 1. The number of benzene rings is 1. The summed E-state index contributed by atoms with van der Waals surface area (Å²) in [6.07, 6.45) is 4.78. The first-order valence-electron chi connectivity index (χ1n) is 11.9. The van der Waals surface area contributed by atoms with Crippen LogP contribution in [-0.4, -0.2) is 79.6 Å². The van der Waals surface area contributed by atoms with E-state index in [4.69, 9.17) is 19.6 Å². The van der Waals surface area contributed by atoms with Crippen LogP contribution >= 0.6 is 0 Å². The molecule has 0 spiro atoms. The van der Waals surface area contributed by atoms with E-state index in [1.54, 1.807) is 7.11 Å². The maximum atomic E-state index is 10.6. The van der Waals surface area contributed by atoms with Crippen molar-refractivity contribution in [2.24, 2.45) is 0 Å². The van der Waals surface area contributed by atoms with Crippen LogP contribution in [0.15, 0.2) is 55.2 Å². The molecule has 1 N–H and O–H groups in total. The molecule has 0 bridgehead atoms. The van der Waals surface area contributed by atoms with Gasteiger partial charge in [-0.2, -0.15) is 18.3 Å². The Morgan fingerprint density at radius 1 is 1.13 bits per heavy atom. The maximum Gasteiger partial charge on any atom is 0.490 e. The van der Waals surface area contributed by atoms with Gasteiger partial charge in [-0.1, -0.05) is 12.1 Å². The molecule has 1 aliphatic rings. The van der Waals surface area contributed by atoms with Gasteiger partial charge in [-0.3, -0.25) is 14.0 Å². The Morgan fingerprint density at radius 2 is 1.87 bits per heavy atom. The van der Waals surface area contributed by atoms with E-state index < -0.39 is 12.1 Å². The predicted molar refractivity (Wildman–Crippen MR) is 134 cm³/mol. The quantitative estimate of drug-likeness (QED) is 0.403. The highest BCUT2D eigenvalue weighted by atomic mass is 19.4. The van der Waals surface area contributed by atoms with E-state index in [1.165, 1.54) is 5.56 Å².